The zero-order chi connectivity index (χ0) is 21.2. The molecular formula is C21H25N5O2S. The summed E-state index contributed by atoms with van der Waals surface area (Å²) in [6, 6.07) is 9.72. The number of fused-ring (bicyclic) bond motifs is 1. The summed E-state index contributed by atoms with van der Waals surface area (Å²) in [7, 11) is 1.58. The molecule has 152 valence electrons. The second-order valence-electron chi connectivity index (χ2n) is 7.14. The average molecular weight is 412 g/mol. The molecule has 0 radical (unpaired) electrons. The predicted octanol–water partition coefficient (Wildman–Crippen LogP) is 2.70. The van der Waals surface area contributed by atoms with Crippen molar-refractivity contribution in [3.8, 4) is 0 Å². The number of allylic oxidation sites excluding steroid dienone is 2. The number of nitrogens with one attached hydrogen (secondary N) is 1. The Morgan fingerprint density at radius 3 is 2.79 bits per heavy atom. The number of guanidine groups is 1. The molecule has 0 bridgehead atoms. The SMILES string of the molecule is CC/C=C(\C=C(/N)C1(C)CC(=O)N(C)C(N)=N1)NC(=O)c1cc2ccccc2s1. The topological polar surface area (TPSA) is 114 Å². The molecule has 2 aromatic rings. The quantitative estimate of drug-likeness (QED) is 0.656. The van der Waals surface area contributed by atoms with Gasteiger partial charge in [-0.05, 0) is 36.9 Å². The highest BCUT2D eigenvalue weighted by Gasteiger charge is 2.36. The first-order chi connectivity index (χ1) is 13.7. The Morgan fingerprint density at radius 1 is 1.41 bits per heavy atom. The summed E-state index contributed by atoms with van der Waals surface area (Å²) in [5.74, 6) is -0.246. The molecule has 1 aromatic carbocycles. The van der Waals surface area contributed by atoms with Gasteiger partial charge in [-0.2, -0.15) is 0 Å². The van der Waals surface area contributed by atoms with Crippen LogP contribution in [0.3, 0.4) is 0 Å². The molecular weight excluding hydrogens is 386 g/mol. The lowest BCUT2D eigenvalue weighted by Gasteiger charge is -2.33. The van der Waals surface area contributed by atoms with E-state index < -0.39 is 5.54 Å². The third-order valence-corrected chi connectivity index (χ3v) is 5.95. The van der Waals surface area contributed by atoms with E-state index in [0.717, 1.165) is 10.1 Å². The molecule has 1 aliphatic rings. The summed E-state index contributed by atoms with van der Waals surface area (Å²) in [4.78, 5) is 31.3. The number of carbonyl (C=O) groups is 2. The van der Waals surface area contributed by atoms with Gasteiger partial charge in [-0.15, -0.1) is 11.3 Å². The lowest BCUT2D eigenvalue weighted by Crippen LogP contribution is -2.50. The van der Waals surface area contributed by atoms with Crippen molar-refractivity contribution in [2.75, 3.05) is 7.05 Å². The summed E-state index contributed by atoms with van der Waals surface area (Å²) >= 11 is 1.43. The van der Waals surface area contributed by atoms with Crippen molar-refractivity contribution in [1.82, 2.24) is 10.2 Å². The molecule has 1 atom stereocenters. The van der Waals surface area contributed by atoms with Crippen molar-refractivity contribution in [2.45, 2.75) is 32.2 Å². The van der Waals surface area contributed by atoms with Crippen LogP contribution in [0.25, 0.3) is 10.1 Å². The van der Waals surface area contributed by atoms with Crippen molar-refractivity contribution < 1.29 is 9.59 Å². The third-order valence-electron chi connectivity index (χ3n) is 4.84. The minimum Gasteiger partial charge on any atom is -0.400 e. The number of thiophene rings is 1. The number of amides is 2. The summed E-state index contributed by atoms with van der Waals surface area (Å²) in [5.41, 5.74) is 12.1. The molecule has 3 rings (SSSR count). The van der Waals surface area contributed by atoms with Crippen molar-refractivity contribution in [3.05, 3.63) is 58.8 Å². The minimum atomic E-state index is -0.956. The highest BCUT2D eigenvalue weighted by molar-refractivity contribution is 7.20. The molecule has 5 N–H and O–H groups in total. The van der Waals surface area contributed by atoms with Gasteiger partial charge in [0.2, 0.25) is 5.91 Å². The van der Waals surface area contributed by atoms with Gasteiger partial charge < -0.3 is 16.8 Å². The Labute approximate surface area is 173 Å². The van der Waals surface area contributed by atoms with E-state index in [1.54, 1.807) is 20.0 Å². The molecule has 0 saturated carbocycles. The second-order valence-corrected chi connectivity index (χ2v) is 8.23. The Kier molecular flexibility index (Phi) is 5.74. The second kappa shape index (κ2) is 8.08. The van der Waals surface area contributed by atoms with Crippen LogP contribution in [0.2, 0.25) is 0 Å². The molecule has 2 amide bonds. The largest absolute Gasteiger partial charge is 0.400 e. The highest BCUT2D eigenvalue weighted by Crippen LogP contribution is 2.28. The van der Waals surface area contributed by atoms with Crippen LogP contribution < -0.4 is 16.8 Å². The van der Waals surface area contributed by atoms with Crippen LogP contribution in [-0.4, -0.2) is 35.3 Å². The molecule has 8 heteroatoms. The number of carbonyl (C=O) groups excluding carboxylic acids is 2. The molecule has 7 nitrogen and oxygen atoms in total. The Hall–Kier alpha value is -3.13. The van der Waals surface area contributed by atoms with E-state index in [4.69, 9.17) is 11.5 Å². The smallest absolute Gasteiger partial charge is 0.265 e. The van der Waals surface area contributed by atoms with Crippen LogP contribution in [0.5, 0.6) is 0 Å². The van der Waals surface area contributed by atoms with Crippen molar-refractivity contribution >= 4 is 39.2 Å². The number of nitrogens with two attached hydrogens (primary N) is 2. The van der Waals surface area contributed by atoms with Gasteiger partial charge in [0.1, 0.15) is 5.54 Å². The fraction of sp³-hybridized carbons (Fsp3) is 0.286. The van der Waals surface area contributed by atoms with Crippen molar-refractivity contribution in [1.29, 1.82) is 0 Å². The molecule has 0 fully saturated rings. The molecule has 1 aliphatic heterocycles. The number of nitrogens with zero attached hydrogens (tertiary/aromatic N) is 2. The fourth-order valence-electron chi connectivity index (χ4n) is 3.05. The molecule has 0 saturated heterocycles. The van der Waals surface area contributed by atoms with Crippen molar-refractivity contribution in [2.24, 2.45) is 16.5 Å². The number of rotatable bonds is 5. The lowest BCUT2D eigenvalue weighted by atomic mass is 9.91. The van der Waals surface area contributed by atoms with Gasteiger partial charge in [-0.3, -0.25) is 14.5 Å². The average Bonchev–Trinajstić information content (AvgIpc) is 3.10. The molecule has 1 aromatic heterocycles. The summed E-state index contributed by atoms with van der Waals surface area (Å²) in [6.07, 6.45) is 4.33. The zero-order valence-corrected chi connectivity index (χ0v) is 17.5. The van der Waals surface area contributed by atoms with Crippen LogP contribution in [-0.2, 0) is 4.79 Å². The van der Waals surface area contributed by atoms with Gasteiger partial charge in [0, 0.05) is 23.1 Å². The first-order valence-electron chi connectivity index (χ1n) is 9.33. The Bertz CT molecular complexity index is 1020. The lowest BCUT2D eigenvalue weighted by molar-refractivity contribution is -0.128. The molecule has 0 aliphatic carbocycles. The van der Waals surface area contributed by atoms with Gasteiger partial charge in [0.15, 0.2) is 5.96 Å². The van der Waals surface area contributed by atoms with Gasteiger partial charge in [0.05, 0.1) is 11.3 Å². The highest BCUT2D eigenvalue weighted by atomic mass is 32.1. The predicted molar refractivity (Wildman–Crippen MR) is 117 cm³/mol. The van der Waals surface area contributed by atoms with E-state index in [-0.39, 0.29) is 24.2 Å². The van der Waals surface area contributed by atoms with E-state index in [9.17, 15) is 9.59 Å². The summed E-state index contributed by atoms with van der Waals surface area (Å²) < 4.78 is 1.05. The maximum absolute atomic E-state index is 12.8. The molecule has 0 spiro atoms. The molecule has 2 heterocycles. The number of benzene rings is 1. The number of hydrogen-bond acceptors (Lipinski definition) is 6. The minimum absolute atomic E-state index is 0.107. The van der Waals surface area contributed by atoms with Crippen LogP contribution >= 0.6 is 11.3 Å². The first kappa shape index (κ1) is 20.6. The standard InChI is InChI=1S/C21H25N5O2S/c1-4-7-14(11-17(22)21(2)12-18(27)26(3)20(23)25-21)24-19(28)16-10-13-8-5-6-9-15(13)29-16/h5-11H,4,12,22H2,1-3H3,(H2,23,25)(H,24,28)/b14-7+,17-11-. The van der Waals surface area contributed by atoms with E-state index >= 15 is 0 Å². The third kappa shape index (κ3) is 4.32. The van der Waals surface area contributed by atoms with E-state index in [1.165, 1.54) is 16.2 Å². The number of aliphatic imine (C=N–C) groups is 1. The maximum atomic E-state index is 12.8. The van der Waals surface area contributed by atoms with Crippen LogP contribution in [0, 0.1) is 0 Å². The first-order valence-corrected chi connectivity index (χ1v) is 10.1. The Morgan fingerprint density at radius 2 is 2.14 bits per heavy atom. The summed E-state index contributed by atoms with van der Waals surface area (Å²) in [6.45, 7) is 3.72. The van der Waals surface area contributed by atoms with E-state index in [1.807, 2.05) is 43.3 Å². The van der Waals surface area contributed by atoms with Gasteiger partial charge in [-0.25, -0.2) is 4.99 Å². The van der Waals surface area contributed by atoms with Crippen molar-refractivity contribution in [3.63, 3.8) is 0 Å². The fourth-order valence-corrected chi connectivity index (χ4v) is 4.01. The van der Waals surface area contributed by atoms with E-state index in [2.05, 4.69) is 10.3 Å². The Balaban J connectivity index is 1.85. The van der Waals surface area contributed by atoms with Gasteiger partial charge in [-0.1, -0.05) is 31.2 Å². The monoisotopic (exact) mass is 411 g/mol. The van der Waals surface area contributed by atoms with Crippen LogP contribution in [0.4, 0.5) is 0 Å². The van der Waals surface area contributed by atoms with Gasteiger partial charge in [0.25, 0.3) is 5.91 Å². The van der Waals surface area contributed by atoms with Crippen LogP contribution in [0.15, 0.2) is 58.9 Å². The van der Waals surface area contributed by atoms with E-state index in [0.29, 0.717) is 22.7 Å². The normalized spacial score (nSPS) is 20.7. The number of hydrogen-bond donors (Lipinski definition) is 3. The molecule has 29 heavy (non-hydrogen) atoms. The zero-order valence-electron chi connectivity index (χ0n) is 16.7. The van der Waals surface area contributed by atoms with Crippen LogP contribution in [0.1, 0.15) is 36.4 Å². The maximum Gasteiger partial charge on any atom is 0.265 e. The molecule has 1 unspecified atom stereocenters. The van der Waals surface area contributed by atoms with Gasteiger partial charge >= 0.3 is 0 Å². The summed E-state index contributed by atoms with van der Waals surface area (Å²) in [5, 5.41) is 3.94.